The van der Waals surface area contributed by atoms with Crippen LogP contribution in [0, 0.1) is 5.92 Å². The number of rotatable bonds is 3. The first-order valence-electron chi connectivity index (χ1n) is 5.81. The fourth-order valence-electron chi connectivity index (χ4n) is 2.21. The van der Waals surface area contributed by atoms with E-state index in [1.54, 1.807) is 0 Å². The Bertz CT molecular complexity index is 317. The molecule has 0 unspecified atom stereocenters. The highest BCUT2D eigenvalue weighted by molar-refractivity contribution is 9.09. The zero-order chi connectivity index (χ0) is 11.4. The van der Waals surface area contributed by atoms with E-state index < -0.39 is 0 Å². The van der Waals surface area contributed by atoms with Crippen molar-refractivity contribution in [2.75, 3.05) is 19.7 Å². The van der Waals surface area contributed by atoms with Gasteiger partial charge in [0.2, 0.25) is 0 Å². The summed E-state index contributed by atoms with van der Waals surface area (Å²) in [4.78, 5) is 2.87. The fraction of sp³-hybridized carbons (Fsp3) is 0.538. The molecule has 0 saturated carbocycles. The van der Waals surface area contributed by atoms with Crippen LogP contribution in [0.25, 0.3) is 0 Å². The number of aliphatic hydroxyl groups excluding tert-OH is 1. The lowest BCUT2D eigenvalue weighted by molar-refractivity contribution is 0.135. The Labute approximate surface area is 105 Å². The van der Waals surface area contributed by atoms with E-state index in [0.717, 1.165) is 26.1 Å². The van der Waals surface area contributed by atoms with Crippen LogP contribution >= 0.6 is 15.9 Å². The molecule has 0 aromatic heterocycles. The Kier molecular flexibility index (Phi) is 4.38. The van der Waals surface area contributed by atoms with Crippen LogP contribution in [0.3, 0.4) is 0 Å². The van der Waals surface area contributed by atoms with Gasteiger partial charge in [-0.1, -0.05) is 46.3 Å². The summed E-state index contributed by atoms with van der Waals surface area (Å²) in [5, 5.41) is 9.19. The van der Waals surface area contributed by atoms with Crippen molar-refractivity contribution >= 4 is 15.9 Å². The zero-order valence-electron chi connectivity index (χ0n) is 9.35. The number of aliphatic hydroxyl groups is 1. The van der Waals surface area contributed by atoms with Gasteiger partial charge in [0.25, 0.3) is 0 Å². The van der Waals surface area contributed by atoms with E-state index in [2.05, 4.69) is 51.2 Å². The predicted molar refractivity (Wildman–Crippen MR) is 69.6 cm³/mol. The van der Waals surface area contributed by atoms with Crippen LogP contribution in [-0.2, 0) is 6.54 Å². The molecule has 0 amide bonds. The maximum Gasteiger partial charge on any atom is 0.0470 e. The number of hydrogen-bond acceptors (Lipinski definition) is 2. The molecule has 0 bridgehead atoms. The second-order valence-corrected chi connectivity index (χ2v) is 5.64. The first-order valence-corrected chi connectivity index (χ1v) is 6.72. The molecule has 16 heavy (non-hydrogen) atoms. The molecule has 1 aliphatic heterocycles. The summed E-state index contributed by atoms with van der Waals surface area (Å²) >= 11 is 3.67. The van der Waals surface area contributed by atoms with Crippen molar-refractivity contribution in [2.24, 2.45) is 5.92 Å². The highest BCUT2D eigenvalue weighted by Gasteiger charge is 2.26. The Morgan fingerprint density at radius 2 is 2.06 bits per heavy atom. The molecular formula is C13H18BrNO. The second kappa shape index (κ2) is 5.80. The lowest BCUT2D eigenvalue weighted by Crippen LogP contribution is -2.41. The molecule has 2 atom stereocenters. The molecule has 1 N–H and O–H groups in total. The molecule has 2 nitrogen and oxygen atoms in total. The molecule has 1 aliphatic rings. The van der Waals surface area contributed by atoms with Crippen LogP contribution in [0.2, 0.25) is 0 Å². The standard InChI is InChI=1S/C13H18BrNO/c14-13-9-15(7-6-12(13)10-16)8-11-4-2-1-3-5-11/h1-5,12-13,16H,6-10H2/t12-,13-/m1/s1. The van der Waals surface area contributed by atoms with E-state index in [1.807, 2.05) is 0 Å². The van der Waals surface area contributed by atoms with Crippen molar-refractivity contribution in [3.63, 3.8) is 0 Å². The SMILES string of the molecule is OC[C@H]1CCN(Cc2ccccc2)C[C@H]1Br. The maximum atomic E-state index is 9.19. The van der Waals surface area contributed by atoms with Crippen LogP contribution in [0.1, 0.15) is 12.0 Å². The predicted octanol–water partition coefficient (Wildman–Crippen LogP) is 2.26. The van der Waals surface area contributed by atoms with Gasteiger partial charge in [0.1, 0.15) is 0 Å². The van der Waals surface area contributed by atoms with Crippen LogP contribution in [-0.4, -0.2) is 34.5 Å². The third-order valence-corrected chi connectivity index (χ3v) is 4.28. The first-order chi connectivity index (χ1) is 7.79. The van der Waals surface area contributed by atoms with Gasteiger partial charge in [-0.2, -0.15) is 0 Å². The molecule has 88 valence electrons. The zero-order valence-corrected chi connectivity index (χ0v) is 10.9. The first kappa shape index (κ1) is 12.1. The average Bonchev–Trinajstić information content (AvgIpc) is 2.31. The van der Waals surface area contributed by atoms with Crippen molar-refractivity contribution < 1.29 is 5.11 Å². The van der Waals surface area contributed by atoms with E-state index in [4.69, 9.17) is 0 Å². The number of hydrogen-bond donors (Lipinski definition) is 1. The summed E-state index contributed by atoms with van der Waals surface area (Å²) in [6.45, 7) is 3.43. The van der Waals surface area contributed by atoms with Gasteiger partial charge in [-0.15, -0.1) is 0 Å². The van der Waals surface area contributed by atoms with Crippen LogP contribution in [0.5, 0.6) is 0 Å². The minimum atomic E-state index is 0.301. The summed E-state index contributed by atoms with van der Waals surface area (Å²) in [6, 6.07) is 10.6. The molecule has 1 aromatic carbocycles. The summed E-state index contributed by atoms with van der Waals surface area (Å²) in [6.07, 6.45) is 1.08. The third kappa shape index (κ3) is 3.06. The van der Waals surface area contributed by atoms with Gasteiger partial charge in [-0.25, -0.2) is 0 Å². The Morgan fingerprint density at radius 3 is 2.69 bits per heavy atom. The molecule has 3 heteroatoms. The van der Waals surface area contributed by atoms with Crippen molar-refractivity contribution in [1.29, 1.82) is 0 Å². The maximum absolute atomic E-state index is 9.19. The molecule has 1 heterocycles. The van der Waals surface area contributed by atoms with Crippen LogP contribution < -0.4 is 0 Å². The Hall–Kier alpha value is -0.380. The van der Waals surface area contributed by atoms with Crippen LogP contribution in [0.15, 0.2) is 30.3 Å². The topological polar surface area (TPSA) is 23.5 Å². The quantitative estimate of drug-likeness (QED) is 0.861. The summed E-state index contributed by atoms with van der Waals surface area (Å²) in [5.41, 5.74) is 1.37. The summed E-state index contributed by atoms with van der Waals surface area (Å²) in [7, 11) is 0. The van der Waals surface area contributed by atoms with E-state index >= 15 is 0 Å². The molecule has 1 aromatic rings. The van der Waals surface area contributed by atoms with Crippen molar-refractivity contribution in [3.8, 4) is 0 Å². The number of halogens is 1. The fourth-order valence-corrected chi connectivity index (χ4v) is 3.05. The number of nitrogens with zero attached hydrogens (tertiary/aromatic N) is 1. The largest absolute Gasteiger partial charge is 0.396 e. The van der Waals surface area contributed by atoms with Gasteiger partial charge in [0.15, 0.2) is 0 Å². The number of benzene rings is 1. The highest BCUT2D eigenvalue weighted by atomic mass is 79.9. The molecule has 0 aliphatic carbocycles. The minimum absolute atomic E-state index is 0.301. The van der Waals surface area contributed by atoms with Gasteiger partial charge >= 0.3 is 0 Å². The number of likely N-dealkylation sites (tertiary alicyclic amines) is 1. The lowest BCUT2D eigenvalue weighted by atomic mass is 9.97. The highest BCUT2D eigenvalue weighted by Crippen LogP contribution is 2.24. The van der Waals surface area contributed by atoms with Crippen molar-refractivity contribution in [2.45, 2.75) is 17.8 Å². The van der Waals surface area contributed by atoms with Crippen LogP contribution in [0.4, 0.5) is 0 Å². The third-order valence-electron chi connectivity index (χ3n) is 3.24. The van der Waals surface area contributed by atoms with Crippen molar-refractivity contribution in [3.05, 3.63) is 35.9 Å². The van der Waals surface area contributed by atoms with Gasteiger partial charge in [0, 0.05) is 24.5 Å². The Morgan fingerprint density at radius 1 is 1.31 bits per heavy atom. The minimum Gasteiger partial charge on any atom is -0.396 e. The van der Waals surface area contributed by atoms with Gasteiger partial charge in [-0.3, -0.25) is 4.90 Å². The van der Waals surface area contributed by atoms with E-state index in [1.165, 1.54) is 5.56 Å². The van der Waals surface area contributed by atoms with E-state index in [0.29, 0.717) is 17.4 Å². The molecule has 1 fully saturated rings. The van der Waals surface area contributed by atoms with Gasteiger partial charge < -0.3 is 5.11 Å². The monoisotopic (exact) mass is 283 g/mol. The molecule has 1 saturated heterocycles. The molecule has 2 rings (SSSR count). The second-order valence-electron chi connectivity index (χ2n) is 4.47. The number of piperidine rings is 1. The van der Waals surface area contributed by atoms with Crippen molar-refractivity contribution in [1.82, 2.24) is 4.90 Å². The van der Waals surface area contributed by atoms with Gasteiger partial charge in [0.05, 0.1) is 0 Å². The van der Waals surface area contributed by atoms with Gasteiger partial charge in [-0.05, 0) is 24.4 Å². The molecule has 0 radical (unpaired) electrons. The molecular weight excluding hydrogens is 266 g/mol. The smallest absolute Gasteiger partial charge is 0.0470 e. The van der Waals surface area contributed by atoms with E-state index in [-0.39, 0.29) is 0 Å². The number of alkyl halides is 1. The summed E-state index contributed by atoms with van der Waals surface area (Å²) in [5.74, 6) is 0.423. The lowest BCUT2D eigenvalue weighted by Gasteiger charge is -2.35. The van der Waals surface area contributed by atoms with E-state index in [9.17, 15) is 5.11 Å². The molecule has 0 spiro atoms. The average molecular weight is 284 g/mol. The normalized spacial score (nSPS) is 26.9. The summed E-state index contributed by atoms with van der Waals surface area (Å²) < 4.78 is 0. The Balaban J connectivity index is 1.89.